The fourth-order valence-corrected chi connectivity index (χ4v) is 2.58. The highest BCUT2D eigenvalue weighted by Crippen LogP contribution is 2.31. The lowest BCUT2D eigenvalue weighted by Crippen LogP contribution is -2.25. The van der Waals surface area contributed by atoms with Crippen molar-refractivity contribution in [3.63, 3.8) is 0 Å². The van der Waals surface area contributed by atoms with Gasteiger partial charge in [-0.25, -0.2) is 0 Å². The molecule has 2 rings (SSSR count). The number of anilines is 2. The van der Waals surface area contributed by atoms with Crippen LogP contribution in [0.15, 0.2) is 54.6 Å². The van der Waals surface area contributed by atoms with Gasteiger partial charge in [0.1, 0.15) is 0 Å². The molecule has 2 aromatic rings. The topological polar surface area (TPSA) is 57.6 Å². The molecule has 6 heteroatoms. The Hall–Kier alpha value is -1.56. The lowest BCUT2D eigenvalue weighted by atomic mass is 10.2. The average Bonchev–Trinajstić information content (AvgIpc) is 2.37. The maximum absolute atomic E-state index is 11.2. The maximum atomic E-state index is 11.2. The molecule has 0 aliphatic heterocycles. The molecule has 2 aromatic carbocycles. The van der Waals surface area contributed by atoms with Crippen molar-refractivity contribution in [1.82, 2.24) is 0 Å². The Morgan fingerprint density at radius 2 is 1.58 bits per heavy atom. The van der Waals surface area contributed by atoms with Crippen molar-refractivity contribution in [1.29, 1.82) is 0 Å². The molecule has 4 nitrogen and oxygen atoms in total. The van der Waals surface area contributed by atoms with Crippen LogP contribution < -0.4 is 4.90 Å². The standard InChI is InChI=1S/C13H12ClNO3S/c14-12-8-4-5-9-13(12)15(10-19(16,17)18)11-6-2-1-3-7-11/h1-9H,10H2,(H,16,17,18). The van der Waals surface area contributed by atoms with Crippen LogP contribution in [0.4, 0.5) is 11.4 Å². The number of rotatable bonds is 4. The summed E-state index contributed by atoms with van der Waals surface area (Å²) < 4.78 is 31.4. The van der Waals surface area contributed by atoms with Crippen molar-refractivity contribution < 1.29 is 13.0 Å². The van der Waals surface area contributed by atoms with Crippen molar-refractivity contribution in [2.75, 3.05) is 10.8 Å². The highest BCUT2D eigenvalue weighted by atomic mass is 35.5. The van der Waals surface area contributed by atoms with E-state index in [-0.39, 0.29) is 0 Å². The SMILES string of the molecule is O=S(=O)(O)CN(c1ccccc1)c1ccccc1Cl. The van der Waals surface area contributed by atoms with Crippen molar-refractivity contribution in [2.24, 2.45) is 0 Å². The largest absolute Gasteiger partial charge is 0.323 e. The van der Waals surface area contributed by atoms with E-state index in [1.54, 1.807) is 48.5 Å². The third-order valence-electron chi connectivity index (χ3n) is 2.50. The predicted molar refractivity (Wildman–Crippen MR) is 76.4 cm³/mol. The number of hydrogen-bond acceptors (Lipinski definition) is 3. The van der Waals surface area contributed by atoms with Gasteiger partial charge >= 0.3 is 0 Å². The number of halogens is 1. The van der Waals surface area contributed by atoms with Crippen LogP contribution in [0.3, 0.4) is 0 Å². The second-order valence-corrected chi connectivity index (χ2v) is 5.76. The first-order valence-electron chi connectivity index (χ1n) is 5.50. The summed E-state index contributed by atoms with van der Waals surface area (Å²) in [6, 6.07) is 15.7. The fourth-order valence-electron chi connectivity index (χ4n) is 1.72. The molecular formula is C13H12ClNO3S. The van der Waals surface area contributed by atoms with Crippen molar-refractivity contribution in [3.05, 3.63) is 59.6 Å². The maximum Gasteiger partial charge on any atom is 0.283 e. The highest BCUT2D eigenvalue weighted by molar-refractivity contribution is 7.85. The molecule has 0 saturated heterocycles. The Kier molecular flexibility index (Phi) is 4.09. The third kappa shape index (κ3) is 3.70. The molecule has 19 heavy (non-hydrogen) atoms. The lowest BCUT2D eigenvalue weighted by molar-refractivity contribution is 0.483. The van der Waals surface area contributed by atoms with Crippen LogP contribution in [0.5, 0.6) is 0 Å². The second kappa shape index (κ2) is 5.61. The van der Waals surface area contributed by atoms with Crippen LogP contribution in [0.25, 0.3) is 0 Å². The molecule has 0 unspecified atom stereocenters. The van der Waals surface area contributed by atoms with E-state index in [0.29, 0.717) is 16.4 Å². The first kappa shape index (κ1) is 13.9. The van der Waals surface area contributed by atoms with E-state index in [2.05, 4.69) is 0 Å². The molecule has 0 aliphatic rings. The molecule has 0 spiro atoms. The van der Waals surface area contributed by atoms with Crippen molar-refractivity contribution >= 4 is 33.1 Å². The molecule has 0 atom stereocenters. The van der Waals surface area contributed by atoms with E-state index >= 15 is 0 Å². The summed E-state index contributed by atoms with van der Waals surface area (Å²) in [5.41, 5.74) is 1.15. The summed E-state index contributed by atoms with van der Waals surface area (Å²) in [6.07, 6.45) is 0. The molecule has 0 fully saturated rings. The van der Waals surface area contributed by atoms with Crippen LogP contribution in [0.2, 0.25) is 5.02 Å². The lowest BCUT2D eigenvalue weighted by Gasteiger charge is -2.24. The smallest absolute Gasteiger partial charge is 0.283 e. The van der Waals surface area contributed by atoms with E-state index in [1.165, 1.54) is 4.90 Å². The minimum absolute atomic E-state index is 0.412. The second-order valence-electron chi connectivity index (χ2n) is 3.93. The van der Waals surface area contributed by atoms with Gasteiger partial charge in [-0.15, -0.1) is 0 Å². The number of nitrogens with zero attached hydrogens (tertiary/aromatic N) is 1. The van der Waals surface area contributed by atoms with Crippen LogP contribution in [-0.2, 0) is 10.1 Å². The zero-order valence-electron chi connectivity index (χ0n) is 9.90. The zero-order chi connectivity index (χ0) is 13.9. The summed E-state index contributed by atoms with van der Waals surface area (Å²) in [4.78, 5) is 1.44. The molecule has 0 amide bonds. The van der Waals surface area contributed by atoms with Gasteiger partial charge < -0.3 is 4.90 Å². The third-order valence-corrected chi connectivity index (χ3v) is 3.41. The van der Waals surface area contributed by atoms with E-state index in [4.69, 9.17) is 16.2 Å². The van der Waals surface area contributed by atoms with Crippen LogP contribution in [-0.4, -0.2) is 18.8 Å². The molecule has 1 N–H and O–H groups in total. The van der Waals surface area contributed by atoms with E-state index < -0.39 is 16.0 Å². The van der Waals surface area contributed by atoms with Gasteiger partial charge in [0.05, 0.1) is 10.7 Å². The van der Waals surface area contributed by atoms with E-state index in [0.717, 1.165) is 0 Å². The number of hydrogen-bond donors (Lipinski definition) is 1. The van der Waals surface area contributed by atoms with E-state index in [9.17, 15) is 8.42 Å². The van der Waals surface area contributed by atoms with E-state index in [1.807, 2.05) is 6.07 Å². The summed E-state index contributed by atoms with van der Waals surface area (Å²) in [6.45, 7) is 0. The predicted octanol–water partition coefficient (Wildman–Crippen LogP) is 3.32. The normalized spacial score (nSPS) is 11.3. The van der Waals surface area contributed by atoms with Gasteiger partial charge in [0, 0.05) is 5.69 Å². The molecule has 0 aromatic heterocycles. The minimum Gasteiger partial charge on any atom is -0.323 e. The van der Waals surface area contributed by atoms with Gasteiger partial charge in [-0.2, -0.15) is 8.42 Å². The quantitative estimate of drug-likeness (QED) is 0.880. The molecular weight excluding hydrogens is 286 g/mol. The zero-order valence-corrected chi connectivity index (χ0v) is 11.5. The Bertz CT molecular complexity index is 659. The van der Waals surface area contributed by atoms with Crippen LogP contribution in [0, 0.1) is 0 Å². The molecule has 0 heterocycles. The molecule has 0 aliphatic carbocycles. The number of para-hydroxylation sites is 2. The monoisotopic (exact) mass is 297 g/mol. The van der Waals surface area contributed by atoms with Gasteiger partial charge in [0.15, 0.2) is 5.88 Å². The molecule has 0 saturated carbocycles. The van der Waals surface area contributed by atoms with Crippen LogP contribution in [0.1, 0.15) is 0 Å². The first-order chi connectivity index (χ1) is 8.97. The summed E-state index contributed by atoms with van der Waals surface area (Å²) in [5, 5.41) is 0.412. The first-order valence-corrected chi connectivity index (χ1v) is 7.48. The minimum atomic E-state index is -4.17. The van der Waals surface area contributed by atoms with Gasteiger partial charge in [-0.1, -0.05) is 41.9 Å². The summed E-state index contributed by atoms with van der Waals surface area (Å²) in [5.74, 6) is -0.555. The number of benzene rings is 2. The van der Waals surface area contributed by atoms with Gasteiger partial charge in [0.2, 0.25) is 0 Å². The van der Waals surface area contributed by atoms with Crippen molar-refractivity contribution in [2.45, 2.75) is 0 Å². The average molecular weight is 298 g/mol. The fraction of sp³-hybridized carbons (Fsp3) is 0.0769. The Labute approximate surface area is 117 Å². The van der Waals surface area contributed by atoms with Crippen LogP contribution >= 0.6 is 11.6 Å². The molecule has 0 bridgehead atoms. The summed E-state index contributed by atoms with van der Waals surface area (Å²) in [7, 11) is -4.17. The van der Waals surface area contributed by atoms with Gasteiger partial charge in [0.25, 0.3) is 10.1 Å². The van der Waals surface area contributed by atoms with Gasteiger partial charge in [-0.3, -0.25) is 4.55 Å². The summed E-state index contributed by atoms with van der Waals surface area (Å²) >= 11 is 6.08. The van der Waals surface area contributed by atoms with Crippen molar-refractivity contribution in [3.8, 4) is 0 Å². The molecule has 0 radical (unpaired) electrons. The molecule has 100 valence electrons. The Morgan fingerprint density at radius 3 is 2.16 bits per heavy atom. The highest BCUT2D eigenvalue weighted by Gasteiger charge is 2.18. The Balaban J connectivity index is 2.50. The Morgan fingerprint density at radius 1 is 1.00 bits per heavy atom. The van der Waals surface area contributed by atoms with Gasteiger partial charge in [-0.05, 0) is 24.3 Å².